The Balaban J connectivity index is -0.000000101. The molecule has 1 nitrogen and oxygen atoms in total. The molecule has 6 heteroatoms. The van der Waals surface area contributed by atoms with E-state index in [4.69, 9.17) is 5.73 Å². The van der Waals surface area contributed by atoms with E-state index < -0.39 is 0 Å². The van der Waals surface area contributed by atoms with Crippen LogP contribution in [-0.2, 0) is 55.3 Å². The summed E-state index contributed by atoms with van der Waals surface area (Å²) < 4.78 is 0. The minimum absolute atomic E-state index is 0. The van der Waals surface area contributed by atoms with Crippen molar-refractivity contribution in [3.05, 3.63) is 24.3 Å². The molecule has 0 heterocycles. The summed E-state index contributed by atoms with van der Waals surface area (Å²) in [4.78, 5) is 1.06. The molecule has 1 rings (SSSR count). The zero-order valence-electron chi connectivity index (χ0n) is 7.31. The van der Waals surface area contributed by atoms with E-state index in [-0.39, 0.29) is 80.2 Å². The monoisotopic (exact) mass is 611 g/mol. The van der Waals surface area contributed by atoms with Crippen LogP contribution in [0.1, 0.15) is 0 Å². The van der Waals surface area contributed by atoms with Crippen LogP contribution in [0.3, 0.4) is 0 Å². The summed E-state index contributed by atoms with van der Waals surface area (Å²) in [6.07, 6.45) is 1.99. The third kappa shape index (κ3) is 8.62. The Morgan fingerprint density at radius 1 is 1.15 bits per heavy atom. The van der Waals surface area contributed by atoms with Gasteiger partial charge in [-0.3, -0.25) is 0 Å². The van der Waals surface area contributed by atoms with Crippen molar-refractivity contribution in [1.82, 2.24) is 0 Å². The summed E-state index contributed by atoms with van der Waals surface area (Å²) in [6, 6.07) is 9.16. The Kier molecular flexibility index (Phi) is 25.2. The molecule has 0 aromatic heterocycles. The second kappa shape index (κ2) is 13.6. The Morgan fingerprint density at radius 3 is 1.92 bits per heavy atom. The molecule has 0 fully saturated rings. The SMILES string of the molecule is CSc1cc#ccc1N.[Cl-].[Cl-].[Hg+].[Hg+]. The first-order chi connectivity index (χ1) is 4.34. The van der Waals surface area contributed by atoms with Gasteiger partial charge in [-0.2, -0.15) is 0 Å². The maximum absolute atomic E-state index is 5.56. The first-order valence-corrected chi connectivity index (χ1v) is 3.78. The fraction of sp³-hybridized carbons (Fsp3) is 0.143. The van der Waals surface area contributed by atoms with Crippen LogP contribution in [0, 0.1) is 12.1 Å². The summed E-state index contributed by atoms with van der Waals surface area (Å²) in [5.74, 6) is 0. The van der Waals surface area contributed by atoms with Gasteiger partial charge in [0.2, 0.25) is 0 Å². The summed E-state index contributed by atoms with van der Waals surface area (Å²) in [5, 5.41) is 0. The number of nitrogen functional groups attached to an aromatic ring is 1. The van der Waals surface area contributed by atoms with Gasteiger partial charge in [0.1, 0.15) is 0 Å². The van der Waals surface area contributed by atoms with Gasteiger partial charge in [0, 0.05) is 17.0 Å². The molecule has 0 saturated carbocycles. The summed E-state index contributed by atoms with van der Waals surface area (Å²) in [7, 11) is 0. The average Bonchev–Trinajstić information content (AvgIpc) is 1.89. The number of thioether (sulfide) groups is 1. The van der Waals surface area contributed by atoms with Gasteiger partial charge in [0.05, 0.1) is 5.69 Å². The van der Waals surface area contributed by atoms with E-state index in [0.717, 1.165) is 10.6 Å². The minimum Gasteiger partial charge on any atom is -1.00 e. The van der Waals surface area contributed by atoms with E-state index in [0.29, 0.717) is 0 Å². The molecule has 0 aliphatic carbocycles. The number of anilines is 1. The van der Waals surface area contributed by atoms with Crippen molar-refractivity contribution in [3.63, 3.8) is 0 Å². The van der Waals surface area contributed by atoms with Crippen LogP contribution >= 0.6 is 11.8 Å². The summed E-state index contributed by atoms with van der Waals surface area (Å²) in [6.45, 7) is 0. The number of nitrogens with two attached hydrogens (primary N) is 1. The second-order valence-electron chi connectivity index (χ2n) is 1.60. The molecule has 64 valence electrons. The second-order valence-corrected chi connectivity index (χ2v) is 2.45. The Labute approximate surface area is 137 Å². The molecule has 0 bridgehead atoms. The van der Waals surface area contributed by atoms with E-state index in [1.54, 1.807) is 17.8 Å². The van der Waals surface area contributed by atoms with Gasteiger partial charge in [-0.25, -0.2) is 0 Å². The van der Waals surface area contributed by atoms with Gasteiger partial charge in [0.15, 0.2) is 0 Å². The van der Waals surface area contributed by atoms with E-state index in [1.165, 1.54) is 0 Å². The van der Waals surface area contributed by atoms with Gasteiger partial charge in [-0.15, -0.1) is 11.8 Å². The molecule has 0 spiro atoms. The molecule has 1 aromatic rings. The molecule has 0 aliphatic rings. The Morgan fingerprint density at radius 2 is 1.62 bits per heavy atom. The molecule has 0 amide bonds. The normalized spacial score (nSPS) is 5.92. The first kappa shape index (κ1) is 24.1. The van der Waals surface area contributed by atoms with Gasteiger partial charge < -0.3 is 30.5 Å². The van der Waals surface area contributed by atoms with Crippen molar-refractivity contribution in [2.45, 2.75) is 4.90 Å². The number of hydrogen-bond donors (Lipinski definition) is 1. The summed E-state index contributed by atoms with van der Waals surface area (Å²) >= 11 is 1.62. The average molecular weight is 609 g/mol. The quantitative estimate of drug-likeness (QED) is 0.258. The molecular weight excluding hydrogens is 602 g/mol. The van der Waals surface area contributed by atoms with Crippen LogP contribution in [0.4, 0.5) is 5.69 Å². The molecule has 13 heavy (non-hydrogen) atoms. The van der Waals surface area contributed by atoms with Gasteiger partial charge >= 0.3 is 55.3 Å². The predicted molar refractivity (Wildman–Crippen MR) is 40.3 cm³/mol. The van der Waals surface area contributed by atoms with Crippen molar-refractivity contribution in [3.8, 4) is 0 Å². The largest absolute Gasteiger partial charge is 1.00 e. The third-order valence-corrected chi connectivity index (χ3v) is 1.81. The molecule has 2 radical (unpaired) electrons. The van der Waals surface area contributed by atoms with Crippen LogP contribution in [0.2, 0.25) is 0 Å². The van der Waals surface area contributed by atoms with E-state index in [2.05, 4.69) is 12.1 Å². The van der Waals surface area contributed by atoms with Gasteiger partial charge in [-0.1, -0.05) is 12.1 Å². The fourth-order valence-corrected chi connectivity index (χ4v) is 1.03. The number of hydrogen-bond acceptors (Lipinski definition) is 2. The number of rotatable bonds is 1. The molecule has 1 aromatic carbocycles. The zero-order chi connectivity index (χ0) is 6.69. The Hall–Kier alpha value is 1.64. The van der Waals surface area contributed by atoms with E-state index in [9.17, 15) is 0 Å². The molecule has 0 saturated heterocycles. The summed E-state index contributed by atoms with van der Waals surface area (Å²) in [5.41, 5.74) is 6.34. The van der Waals surface area contributed by atoms with Crippen molar-refractivity contribution in [2.24, 2.45) is 0 Å². The van der Waals surface area contributed by atoms with Crippen molar-refractivity contribution >= 4 is 17.4 Å². The Bertz CT molecular complexity index is 213. The third-order valence-electron chi connectivity index (χ3n) is 1.02. The molecule has 2 N–H and O–H groups in total. The maximum atomic E-state index is 5.56. The standard InChI is InChI=1S/C7H7NS.2ClH.2Hg/c1-9-7-5-3-2-4-6(7)8;;;;/h4-5H,8H2,1H3;2*1H;;/q;;;2*+1/p-2. The predicted octanol–water partition coefficient (Wildman–Crippen LogP) is -4.41. The number of halogens is 2. The van der Waals surface area contributed by atoms with E-state index in [1.807, 2.05) is 12.3 Å². The van der Waals surface area contributed by atoms with Crippen molar-refractivity contribution in [1.29, 1.82) is 0 Å². The minimum atomic E-state index is 0. The molecular formula is C7H7Cl2Hg2NS. The van der Waals surface area contributed by atoms with Crippen molar-refractivity contribution in [2.75, 3.05) is 12.0 Å². The molecule has 0 aliphatic heterocycles. The van der Waals surface area contributed by atoms with E-state index >= 15 is 0 Å². The molecule has 0 unspecified atom stereocenters. The fourth-order valence-electron chi connectivity index (χ4n) is 0.558. The maximum Gasteiger partial charge on any atom is 1.00 e. The van der Waals surface area contributed by atoms with Crippen LogP contribution in [0.25, 0.3) is 0 Å². The van der Waals surface area contributed by atoms with Crippen LogP contribution in [0.5, 0.6) is 0 Å². The molecule has 0 atom stereocenters. The van der Waals surface area contributed by atoms with Crippen molar-refractivity contribution < 1.29 is 80.2 Å². The smallest absolute Gasteiger partial charge is 1.00 e. The van der Waals surface area contributed by atoms with Gasteiger partial charge in [0.25, 0.3) is 0 Å². The topological polar surface area (TPSA) is 26.0 Å². The van der Waals surface area contributed by atoms with Crippen LogP contribution < -0.4 is 30.5 Å². The van der Waals surface area contributed by atoms with Gasteiger partial charge in [-0.05, 0) is 6.26 Å². The van der Waals surface area contributed by atoms with Crippen LogP contribution in [0.15, 0.2) is 17.0 Å². The zero-order valence-corrected chi connectivity index (χ0v) is 20.6. The van der Waals surface area contributed by atoms with Crippen LogP contribution in [-0.4, -0.2) is 6.26 Å². The first-order valence-electron chi connectivity index (χ1n) is 2.56.